The second-order valence-electron chi connectivity index (χ2n) is 4.96. The van der Waals surface area contributed by atoms with Crippen molar-refractivity contribution in [3.05, 3.63) is 65.7 Å². The molecule has 0 fully saturated rings. The Morgan fingerprint density at radius 3 is 2.57 bits per heavy atom. The van der Waals surface area contributed by atoms with Crippen molar-refractivity contribution in [2.45, 2.75) is 4.90 Å². The van der Waals surface area contributed by atoms with Crippen molar-refractivity contribution in [2.24, 2.45) is 0 Å². The summed E-state index contributed by atoms with van der Waals surface area (Å²) >= 11 is 7.73. The highest BCUT2D eigenvalue weighted by molar-refractivity contribution is 7.98. The fourth-order valence-electron chi connectivity index (χ4n) is 2.36. The number of thioether (sulfide) groups is 1. The molecule has 0 atom stereocenters. The van der Waals surface area contributed by atoms with Crippen LogP contribution in [0.15, 0.2) is 65.6 Å². The zero-order chi connectivity index (χ0) is 16.2. The molecule has 2 N–H and O–H groups in total. The Balaban J connectivity index is 1.77. The molecule has 0 aliphatic heterocycles. The normalized spacial score (nSPS) is 10.5. The van der Waals surface area contributed by atoms with Gasteiger partial charge in [-0.25, -0.2) is 4.79 Å². The van der Waals surface area contributed by atoms with Gasteiger partial charge in [-0.15, -0.1) is 11.8 Å². The van der Waals surface area contributed by atoms with Crippen LogP contribution in [0.5, 0.6) is 0 Å². The minimum Gasteiger partial charge on any atom is -0.308 e. The van der Waals surface area contributed by atoms with Crippen LogP contribution in [0.2, 0.25) is 5.02 Å². The molecule has 3 aromatic carbocycles. The van der Waals surface area contributed by atoms with Crippen LogP contribution < -0.4 is 10.6 Å². The van der Waals surface area contributed by atoms with E-state index in [4.69, 9.17) is 11.6 Å². The maximum absolute atomic E-state index is 12.2. The van der Waals surface area contributed by atoms with Crippen LogP contribution in [0.1, 0.15) is 0 Å². The van der Waals surface area contributed by atoms with Gasteiger partial charge in [-0.1, -0.05) is 48.0 Å². The molecule has 3 rings (SSSR count). The number of amides is 2. The molecule has 3 aromatic rings. The highest BCUT2D eigenvalue weighted by Gasteiger charge is 2.07. The second kappa shape index (κ2) is 6.94. The van der Waals surface area contributed by atoms with Crippen molar-refractivity contribution >= 4 is 51.5 Å². The molecular formula is C18H15ClN2OS. The lowest BCUT2D eigenvalue weighted by atomic mass is 10.1. The van der Waals surface area contributed by atoms with E-state index in [1.54, 1.807) is 17.8 Å². The van der Waals surface area contributed by atoms with Gasteiger partial charge in [-0.05, 0) is 35.9 Å². The molecule has 0 saturated heterocycles. The third-order valence-corrected chi connectivity index (χ3v) is 4.67. The number of urea groups is 1. The van der Waals surface area contributed by atoms with Crippen LogP contribution in [-0.4, -0.2) is 12.3 Å². The molecule has 0 aliphatic carbocycles. The highest BCUT2D eigenvalue weighted by atomic mass is 35.5. The van der Waals surface area contributed by atoms with Gasteiger partial charge in [0.05, 0.1) is 10.7 Å². The molecule has 0 saturated carbocycles. The first-order valence-electron chi connectivity index (χ1n) is 7.06. The fraction of sp³-hybridized carbons (Fsp3) is 0.0556. The summed E-state index contributed by atoms with van der Waals surface area (Å²) in [5.41, 5.74) is 1.43. The molecule has 5 heteroatoms. The smallest absolute Gasteiger partial charge is 0.308 e. The van der Waals surface area contributed by atoms with Gasteiger partial charge in [0.1, 0.15) is 0 Å². The maximum Gasteiger partial charge on any atom is 0.323 e. The molecule has 0 aliphatic rings. The van der Waals surface area contributed by atoms with Gasteiger partial charge in [0, 0.05) is 16.0 Å². The van der Waals surface area contributed by atoms with Gasteiger partial charge < -0.3 is 10.6 Å². The van der Waals surface area contributed by atoms with E-state index < -0.39 is 0 Å². The number of benzene rings is 3. The van der Waals surface area contributed by atoms with Crippen molar-refractivity contribution in [3.8, 4) is 0 Å². The zero-order valence-corrected chi connectivity index (χ0v) is 14.0. The average molecular weight is 343 g/mol. The first-order valence-corrected chi connectivity index (χ1v) is 8.67. The summed E-state index contributed by atoms with van der Waals surface area (Å²) in [6.45, 7) is 0. The summed E-state index contributed by atoms with van der Waals surface area (Å²) < 4.78 is 0. The third-order valence-electron chi connectivity index (χ3n) is 3.45. The maximum atomic E-state index is 12.2. The highest BCUT2D eigenvalue weighted by Crippen LogP contribution is 2.28. The number of hydrogen-bond donors (Lipinski definition) is 2. The molecule has 0 bridgehead atoms. The van der Waals surface area contributed by atoms with E-state index in [9.17, 15) is 4.79 Å². The Morgan fingerprint density at radius 1 is 1.00 bits per heavy atom. The number of anilines is 2. The fourth-order valence-corrected chi connectivity index (χ4v) is 3.23. The third kappa shape index (κ3) is 3.60. The Bertz CT molecular complexity index is 861. The summed E-state index contributed by atoms with van der Waals surface area (Å²) in [6.07, 6.45) is 1.96. The molecule has 0 radical (unpaired) electrons. The van der Waals surface area contributed by atoms with Crippen molar-refractivity contribution in [2.75, 3.05) is 16.9 Å². The predicted molar refractivity (Wildman–Crippen MR) is 99.8 cm³/mol. The van der Waals surface area contributed by atoms with Crippen molar-refractivity contribution in [3.63, 3.8) is 0 Å². The molecule has 2 amide bonds. The van der Waals surface area contributed by atoms with Gasteiger partial charge >= 0.3 is 6.03 Å². The molecule has 23 heavy (non-hydrogen) atoms. The number of hydrogen-bond acceptors (Lipinski definition) is 2. The SMILES string of the molecule is CSc1ccc(NC(=O)Nc2cccc3ccccc23)cc1Cl. The molecular weight excluding hydrogens is 328 g/mol. The lowest BCUT2D eigenvalue weighted by Crippen LogP contribution is -2.19. The predicted octanol–water partition coefficient (Wildman–Crippen LogP) is 5.86. The van der Waals surface area contributed by atoms with Crippen LogP contribution in [0.25, 0.3) is 10.8 Å². The monoisotopic (exact) mass is 342 g/mol. The van der Waals surface area contributed by atoms with Crippen LogP contribution in [0.3, 0.4) is 0 Å². The largest absolute Gasteiger partial charge is 0.323 e. The van der Waals surface area contributed by atoms with Gasteiger partial charge in [0.25, 0.3) is 0 Å². The van der Waals surface area contributed by atoms with E-state index in [1.165, 1.54) is 0 Å². The van der Waals surface area contributed by atoms with Crippen LogP contribution in [0, 0.1) is 0 Å². The molecule has 3 nitrogen and oxygen atoms in total. The van der Waals surface area contributed by atoms with Crippen molar-refractivity contribution in [1.29, 1.82) is 0 Å². The molecule has 0 aromatic heterocycles. The van der Waals surface area contributed by atoms with Gasteiger partial charge in [0.2, 0.25) is 0 Å². The Hall–Kier alpha value is -2.17. The number of carbonyl (C=O) groups excluding carboxylic acids is 1. The van der Waals surface area contributed by atoms with Crippen molar-refractivity contribution in [1.82, 2.24) is 0 Å². The topological polar surface area (TPSA) is 41.1 Å². The molecule has 116 valence electrons. The summed E-state index contributed by atoms with van der Waals surface area (Å²) in [6, 6.07) is 18.9. The van der Waals surface area contributed by atoms with Crippen LogP contribution in [-0.2, 0) is 0 Å². The summed E-state index contributed by atoms with van der Waals surface area (Å²) in [4.78, 5) is 13.2. The lowest BCUT2D eigenvalue weighted by molar-refractivity contribution is 0.262. The standard InChI is InChI=1S/C18H15ClN2OS/c1-23-17-10-9-13(11-15(17)19)20-18(22)21-16-8-4-6-12-5-2-3-7-14(12)16/h2-11H,1H3,(H2,20,21,22). The minimum atomic E-state index is -0.297. The van der Waals surface area contributed by atoms with E-state index in [0.717, 1.165) is 21.4 Å². The van der Waals surface area contributed by atoms with Gasteiger partial charge in [0.15, 0.2) is 0 Å². The average Bonchev–Trinajstić information content (AvgIpc) is 2.55. The van der Waals surface area contributed by atoms with Gasteiger partial charge in [-0.3, -0.25) is 0 Å². The first kappa shape index (κ1) is 15.7. The summed E-state index contributed by atoms with van der Waals surface area (Å²) in [5, 5.41) is 8.39. The first-order chi connectivity index (χ1) is 11.2. The van der Waals surface area contributed by atoms with Crippen molar-refractivity contribution < 1.29 is 4.79 Å². The number of nitrogens with one attached hydrogen (secondary N) is 2. The van der Waals surface area contributed by atoms with E-state index in [1.807, 2.05) is 60.9 Å². The van der Waals surface area contributed by atoms with Crippen LogP contribution in [0.4, 0.5) is 16.2 Å². The zero-order valence-electron chi connectivity index (χ0n) is 12.5. The Kier molecular flexibility index (Phi) is 4.74. The van der Waals surface area contributed by atoms with E-state index in [-0.39, 0.29) is 6.03 Å². The second-order valence-corrected chi connectivity index (χ2v) is 6.21. The Morgan fingerprint density at radius 2 is 1.78 bits per heavy atom. The minimum absolute atomic E-state index is 0.297. The lowest BCUT2D eigenvalue weighted by Gasteiger charge is -2.11. The van der Waals surface area contributed by atoms with E-state index in [0.29, 0.717) is 10.7 Å². The van der Waals surface area contributed by atoms with Gasteiger partial charge in [-0.2, -0.15) is 0 Å². The molecule has 0 unspecified atom stereocenters. The van der Waals surface area contributed by atoms with E-state index in [2.05, 4.69) is 10.6 Å². The number of halogens is 1. The number of carbonyl (C=O) groups is 1. The number of rotatable bonds is 3. The molecule has 0 heterocycles. The quantitative estimate of drug-likeness (QED) is 0.585. The van der Waals surface area contributed by atoms with Crippen LogP contribution >= 0.6 is 23.4 Å². The summed E-state index contributed by atoms with van der Waals surface area (Å²) in [5.74, 6) is 0. The molecule has 0 spiro atoms. The number of fused-ring (bicyclic) bond motifs is 1. The summed E-state index contributed by atoms with van der Waals surface area (Å²) in [7, 11) is 0. The van der Waals surface area contributed by atoms with E-state index >= 15 is 0 Å². The Labute approximate surface area is 144 Å².